The zero-order valence-corrected chi connectivity index (χ0v) is 26.1. The molecule has 2 N–H and O–H groups in total. The molecule has 1 aliphatic heterocycles. The minimum atomic E-state index is -0.503. The van der Waals surface area contributed by atoms with Gasteiger partial charge in [-0.2, -0.15) is 4.98 Å². The van der Waals surface area contributed by atoms with Gasteiger partial charge >= 0.3 is 0 Å². The van der Waals surface area contributed by atoms with Crippen LogP contribution in [0.5, 0.6) is 23.1 Å². The Bertz CT molecular complexity index is 1610. The smallest absolute Gasteiger partial charge is 0.262 e. The lowest BCUT2D eigenvalue weighted by molar-refractivity contribution is 0.102. The number of carbonyl (C=O) groups excluding carboxylic acids is 1. The van der Waals surface area contributed by atoms with Crippen LogP contribution in [0.1, 0.15) is 27.9 Å². The van der Waals surface area contributed by atoms with Crippen molar-refractivity contribution in [1.82, 2.24) is 19.8 Å². The third-order valence-corrected chi connectivity index (χ3v) is 7.63. The Balaban J connectivity index is 1.29. The van der Waals surface area contributed by atoms with Crippen LogP contribution >= 0.6 is 0 Å². The van der Waals surface area contributed by atoms with Gasteiger partial charge in [-0.05, 0) is 62.7 Å². The summed E-state index contributed by atoms with van der Waals surface area (Å²) in [4.78, 5) is 27.0. The summed E-state index contributed by atoms with van der Waals surface area (Å²) in [6.45, 7) is 9.39. The van der Waals surface area contributed by atoms with Crippen LogP contribution in [0.2, 0.25) is 0 Å². The van der Waals surface area contributed by atoms with Gasteiger partial charge in [-0.25, -0.2) is 9.37 Å². The summed E-state index contributed by atoms with van der Waals surface area (Å²) in [7, 11) is 3.68. The number of aryl methyl sites for hydroxylation is 2. The van der Waals surface area contributed by atoms with Crippen molar-refractivity contribution in [2.24, 2.45) is 0 Å². The Morgan fingerprint density at radius 2 is 1.71 bits per heavy atom. The van der Waals surface area contributed by atoms with E-state index in [1.807, 2.05) is 32.0 Å². The molecular weight excluding hydrogens is 575 g/mol. The number of anilines is 3. The van der Waals surface area contributed by atoms with Gasteiger partial charge in [0.05, 0.1) is 13.7 Å². The highest BCUT2D eigenvalue weighted by molar-refractivity contribution is 6.06. The quantitative estimate of drug-likeness (QED) is 0.185. The Morgan fingerprint density at radius 1 is 0.978 bits per heavy atom. The highest BCUT2D eigenvalue weighted by Gasteiger charge is 2.20. The number of halogens is 1. The van der Waals surface area contributed by atoms with Crippen molar-refractivity contribution in [2.75, 3.05) is 64.1 Å². The molecule has 236 valence electrons. The zero-order valence-electron chi connectivity index (χ0n) is 26.1. The summed E-state index contributed by atoms with van der Waals surface area (Å²) in [6, 6.07) is 17.3. The van der Waals surface area contributed by atoms with Gasteiger partial charge in [0.2, 0.25) is 11.8 Å². The van der Waals surface area contributed by atoms with Gasteiger partial charge in [-0.15, -0.1) is 0 Å². The number of hydrogen-bond acceptors (Lipinski definition) is 9. The molecule has 0 bridgehead atoms. The number of aromatic nitrogens is 2. The van der Waals surface area contributed by atoms with Crippen LogP contribution in [0, 0.1) is 19.7 Å². The van der Waals surface area contributed by atoms with E-state index < -0.39 is 11.7 Å². The van der Waals surface area contributed by atoms with Gasteiger partial charge in [-0.1, -0.05) is 24.3 Å². The topological polar surface area (TPSA) is 101 Å². The fourth-order valence-electron chi connectivity index (χ4n) is 5.00. The standard InChI is InChI=1S/C34H39FN6O4/c1-23-8-5-9-24(2)31(23)38-32(42)28-22-36-34(39-33(28)45-27-11-6-10-26(21-27)43-4)37-25-12-13-30(29(35)20-25)44-19-7-14-41-17-15-40(3)16-18-41/h5-6,8-13,20-22H,7,14-19H2,1-4H3,(H,38,42)(H,36,37,39). The molecular formula is C34H39FN6O4. The van der Waals surface area contributed by atoms with E-state index in [0.717, 1.165) is 50.3 Å². The van der Waals surface area contributed by atoms with E-state index in [-0.39, 0.29) is 23.1 Å². The number of likely N-dealkylation sites (N-methyl/N-ethyl adjacent to an activating group) is 1. The van der Waals surface area contributed by atoms with Gasteiger partial charge in [0.25, 0.3) is 5.91 Å². The summed E-state index contributed by atoms with van der Waals surface area (Å²) in [5.41, 5.74) is 3.08. The van der Waals surface area contributed by atoms with Crippen LogP contribution in [0.3, 0.4) is 0 Å². The Labute approximate surface area is 263 Å². The molecule has 1 aliphatic rings. The number of rotatable bonds is 12. The Morgan fingerprint density at radius 3 is 2.44 bits per heavy atom. The van der Waals surface area contributed by atoms with E-state index in [9.17, 15) is 9.18 Å². The number of nitrogens with one attached hydrogen (secondary N) is 2. The number of piperazine rings is 1. The average molecular weight is 615 g/mol. The molecule has 1 amide bonds. The van der Waals surface area contributed by atoms with E-state index in [4.69, 9.17) is 14.2 Å². The van der Waals surface area contributed by atoms with Gasteiger partial charge in [0.1, 0.15) is 17.1 Å². The molecule has 0 saturated carbocycles. The van der Waals surface area contributed by atoms with Crippen molar-refractivity contribution in [3.63, 3.8) is 0 Å². The second-order valence-corrected chi connectivity index (χ2v) is 11.0. The van der Waals surface area contributed by atoms with E-state index in [1.165, 1.54) is 12.3 Å². The summed E-state index contributed by atoms with van der Waals surface area (Å²) >= 11 is 0. The van der Waals surface area contributed by atoms with Crippen LogP contribution in [-0.4, -0.2) is 79.2 Å². The van der Waals surface area contributed by atoms with Crippen molar-refractivity contribution < 1.29 is 23.4 Å². The minimum absolute atomic E-state index is 0.0188. The summed E-state index contributed by atoms with van der Waals surface area (Å²) in [5.74, 6) is 0.385. The number of amides is 1. The molecule has 11 heteroatoms. The molecule has 10 nitrogen and oxygen atoms in total. The maximum atomic E-state index is 14.9. The van der Waals surface area contributed by atoms with Crippen LogP contribution in [0.15, 0.2) is 66.9 Å². The Kier molecular flexibility index (Phi) is 10.4. The number of hydrogen-bond donors (Lipinski definition) is 2. The largest absolute Gasteiger partial charge is 0.497 e. The van der Waals surface area contributed by atoms with Crippen molar-refractivity contribution >= 4 is 23.2 Å². The van der Waals surface area contributed by atoms with Crippen molar-refractivity contribution in [2.45, 2.75) is 20.3 Å². The first-order chi connectivity index (χ1) is 21.8. The highest BCUT2D eigenvalue weighted by Crippen LogP contribution is 2.30. The molecule has 3 aromatic carbocycles. The van der Waals surface area contributed by atoms with Crippen molar-refractivity contribution in [3.8, 4) is 23.1 Å². The molecule has 5 rings (SSSR count). The van der Waals surface area contributed by atoms with Crippen LogP contribution < -0.4 is 24.8 Å². The predicted molar refractivity (Wildman–Crippen MR) is 173 cm³/mol. The average Bonchev–Trinajstić information content (AvgIpc) is 3.03. The Hall–Kier alpha value is -4.74. The lowest BCUT2D eigenvalue weighted by Crippen LogP contribution is -2.44. The van der Waals surface area contributed by atoms with Gasteiger partial charge < -0.3 is 34.6 Å². The maximum absolute atomic E-state index is 14.9. The van der Waals surface area contributed by atoms with Crippen LogP contribution in [-0.2, 0) is 0 Å². The zero-order chi connectivity index (χ0) is 31.8. The first-order valence-corrected chi connectivity index (χ1v) is 15.0. The van der Waals surface area contributed by atoms with Crippen molar-refractivity contribution in [1.29, 1.82) is 0 Å². The van der Waals surface area contributed by atoms with Crippen LogP contribution in [0.25, 0.3) is 0 Å². The molecule has 0 atom stereocenters. The number of para-hydroxylation sites is 1. The van der Waals surface area contributed by atoms with Crippen LogP contribution in [0.4, 0.5) is 21.7 Å². The summed E-state index contributed by atoms with van der Waals surface area (Å²) in [5, 5.41) is 5.96. The van der Waals surface area contributed by atoms with E-state index in [2.05, 4.69) is 37.4 Å². The molecule has 1 fully saturated rings. The molecule has 0 unspecified atom stereocenters. The number of methoxy groups -OCH3 is 1. The molecule has 0 spiro atoms. The fourth-order valence-corrected chi connectivity index (χ4v) is 5.00. The number of carbonyl (C=O) groups is 1. The normalized spacial score (nSPS) is 13.7. The monoisotopic (exact) mass is 614 g/mol. The van der Waals surface area contributed by atoms with Gasteiger partial charge in [0, 0.05) is 62.4 Å². The summed E-state index contributed by atoms with van der Waals surface area (Å²) < 4.78 is 32.0. The number of nitrogens with zero attached hydrogens (tertiary/aromatic N) is 4. The minimum Gasteiger partial charge on any atom is -0.497 e. The first-order valence-electron chi connectivity index (χ1n) is 15.0. The second-order valence-electron chi connectivity index (χ2n) is 11.0. The predicted octanol–water partition coefficient (Wildman–Crippen LogP) is 6.05. The third kappa shape index (κ3) is 8.46. The van der Waals surface area contributed by atoms with Gasteiger partial charge in [-0.3, -0.25) is 4.79 Å². The number of benzene rings is 3. The molecule has 0 radical (unpaired) electrons. The molecule has 2 heterocycles. The van der Waals surface area contributed by atoms with E-state index >= 15 is 0 Å². The van der Waals surface area contributed by atoms with Crippen molar-refractivity contribution in [3.05, 3.63) is 89.4 Å². The fraction of sp³-hybridized carbons (Fsp3) is 0.324. The SMILES string of the molecule is COc1cccc(Oc2nc(Nc3ccc(OCCCN4CCN(C)CC4)c(F)c3)ncc2C(=O)Nc2c(C)cccc2C)c1. The van der Waals surface area contributed by atoms with Gasteiger partial charge in [0.15, 0.2) is 11.6 Å². The molecule has 1 saturated heterocycles. The highest BCUT2D eigenvalue weighted by atomic mass is 19.1. The lowest BCUT2D eigenvalue weighted by Gasteiger charge is -2.32. The molecule has 4 aromatic rings. The first kappa shape index (κ1) is 31.7. The molecule has 0 aliphatic carbocycles. The van der Waals surface area contributed by atoms with E-state index in [1.54, 1.807) is 43.5 Å². The summed E-state index contributed by atoms with van der Waals surface area (Å²) in [6.07, 6.45) is 2.19. The second kappa shape index (κ2) is 14.8. The maximum Gasteiger partial charge on any atom is 0.262 e. The van der Waals surface area contributed by atoms with E-state index in [0.29, 0.717) is 29.5 Å². The number of ether oxygens (including phenoxy) is 3. The lowest BCUT2D eigenvalue weighted by atomic mass is 10.1. The third-order valence-electron chi connectivity index (χ3n) is 7.63. The molecule has 1 aromatic heterocycles. The molecule has 45 heavy (non-hydrogen) atoms.